The lowest BCUT2D eigenvalue weighted by Gasteiger charge is -2.13. The van der Waals surface area contributed by atoms with Crippen LogP contribution in [0, 0.1) is 6.92 Å². The number of aromatic nitrogens is 1. The minimum Gasteiger partial charge on any atom is -0.354 e. The van der Waals surface area contributed by atoms with Gasteiger partial charge in [0.2, 0.25) is 0 Å². The number of carbonyl (C=O) groups excluding carboxylic acids is 1. The quantitative estimate of drug-likeness (QED) is 0.656. The predicted molar refractivity (Wildman–Crippen MR) is 101 cm³/mol. The molecule has 1 heterocycles. The highest BCUT2D eigenvalue weighted by atomic mass is 79.9. The maximum absolute atomic E-state index is 12.6. The molecule has 0 aliphatic heterocycles. The summed E-state index contributed by atoms with van der Waals surface area (Å²) in [5.41, 5.74) is 3.69. The third-order valence-corrected chi connectivity index (χ3v) is 4.44. The summed E-state index contributed by atoms with van der Waals surface area (Å²) in [6, 6.07) is 19.2. The lowest BCUT2D eigenvalue weighted by atomic mass is 10.2. The van der Waals surface area contributed by atoms with E-state index in [1.807, 2.05) is 67.6 Å². The van der Waals surface area contributed by atoms with Crippen molar-refractivity contribution in [2.75, 3.05) is 10.6 Å². The molecule has 0 radical (unpaired) electrons. The highest BCUT2D eigenvalue weighted by molar-refractivity contribution is 9.10. The smallest absolute Gasteiger partial charge is 0.274 e. The van der Waals surface area contributed by atoms with E-state index >= 15 is 0 Å². The number of benzene rings is 2. The summed E-state index contributed by atoms with van der Waals surface area (Å²) in [5, 5.41) is 6.24. The van der Waals surface area contributed by atoms with Crippen LogP contribution in [0.2, 0.25) is 0 Å². The Morgan fingerprint density at radius 2 is 1.62 bits per heavy atom. The van der Waals surface area contributed by atoms with Crippen molar-refractivity contribution in [2.24, 2.45) is 0 Å². The Balaban J connectivity index is 1.85. The van der Waals surface area contributed by atoms with E-state index < -0.39 is 0 Å². The number of amides is 1. The highest BCUT2D eigenvalue weighted by Gasteiger charge is 2.14. The van der Waals surface area contributed by atoms with E-state index in [0.717, 1.165) is 21.4 Å². The van der Waals surface area contributed by atoms with E-state index in [0.29, 0.717) is 11.4 Å². The molecule has 0 bridgehead atoms. The van der Waals surface area contributed by atoms with Gasteiger partial charge in [0.05, 0.1) is 11.4 Å². The molecule has 3 rings (SSSR count). The molecule has 0 spiro atoms. The van der Waals surface area contributed by atoms with Gasteiger partial charge in [-0.25, -0.2) is 0 Å². The molecular formula is C19H16BrN3O. The number of nitrogens with one attached hydrogen (secondary N) is 2. The van der Waals surface area contributed by atoms with Crippen molar-refractivity contribution in [3.63, 3.8) is 0 Å². The van der Waals surface area contributed by atoms with Crippen LogP contribution in [0.4, 0.5) is 17.1 Å². The summed E-state index contributed by atoms with van der Waals surface area (Å²) in [4.78, 5) is 16.8. The van der Waals surface area contributed by atoms with Gasteiger partial charge in [-0.1, -0.05) is 46.3 Å². The van der Waals surface area contributed by atoms with Crippen LogP contribution in [0.25, 0.3) is 0 Å². The van der Waals surface area contributed by atoms with Gasteiger partial charge in [-0.2, -0.15) is 0 Å². The molecule has 0 unspecified atom stereocenters. The fourth-order valence-corrected chi connectivity index (χ4v) is 2.61. The zero-order valence-corrected chi connectivity index (χ0v) is 14.7. The number of rotatable bonds is 4. The van der Waals surface area contributed by atoms with Gasteiger partial charge in [-0.05, 0) is 42.8 Å². The number of pyridine rings is 1. The predicted octanol–water partition coefficient (Wildman–Crippen LogP) is 5.15. The molecule has 0 fully saturated rings. The third-order valence-electron chi connectivity index (χ3n) is 3.58. The van der Waals surface area contributed by atoms with Gasteiger partial charge in [0.25, 0.3) is 5.91 Å². The average Bonchev–Trinajstić information content (AvgIpc) is 2.60. The van der Waals surface area contributed by atoms with E-state index in [2.05, 4.69) is 31.5 Å². The van der Waals surface area contributed by atoms with Crippen molar-refractivity contribution in [1.82, 2.24) is 4.98 Å². The second-order valence-corrected chi connectivity index (χ2v) is 6.11. The summed E-state index contributed by atoms with van der Waals surface area (Å²) in [6.45, 7) is 1.86. The van der Waals surface area contributed by atoms with Gasteiger partial charge in [-0.3, -0.25) is 9.78 Å². The second-order valence-electron chi connectivity index (χ2n) is 5.26. The summed E-state index contributed by atoms with van der Waals surface area (Å²) < 4.78 is 0.860. The molecule has 2 aromatic carbocycles. The van der Waals surface area contributed by atoms with Gasteiger partial charge in [0.1, 0.15) is 5.69 Å². The maximum atomic E-state index is 12.6. The Morgan fingerprint density at radius 3 is 2.38 bits per heavy atom. The van der Waals surface area contributed by atoms with Crippen LogP contribution in [-0.4, -0.2) is 10.9 Å². The topological polar surface area (TPSA) is 54.0 Å². The van der Waals surface area contributed by atoms with Crippen LogP contribution < -0.4 is 10.6 Å². The van der Waals surface area contributed by atoms with Crippen LogP contribution >= 0.6 is 15.9 Å². The number of anilines is 3. The maximum Gasteiger partial charge on any atom is 0.274 e. The molecule has 0 saturated heterocycles. The number of hydrogen-bond donors (Lipinski definition) is 2. The Labute approximate surface area is 149 Å². The molecule has 0 saturated carbocycles. The first-order chi connectivity index (χ1) is 11.6. The Morgan fingerprint density at radius 1 is 0.958 bits per heavy atom. The van der Waals surface area contributed by atoms with Gasteiger partial charge in [0, 0.05) is 16.4 Å². The first-order valence-electron chi connectivity index (χ1n) is 7.48. The number of carbonyl (C=O) groups is 1. The van der Waals surface area contributed by atoms with Crippen LogP contribution in [-0.2, 0) is 0 Å². The van der Waals surface area contributed by atoms with E-state index in [1.165, 1.54) is 0 Å². The molecule has 3 aromatic rings. The van der Waals surface area contributed by atoms with Crippen LogP contribution in [0.1, 0.15) is 16.1 Å². The van der Waals surface area contributed by atoms with Crippen molar-refractivity contribution in [2.45, 2.75) is 6.92 Å². The summed E-state index contributed by atoms with van der Waals surface area (Å²) >= 11 is 3.43. The molecule has 5 heteroatoms. The molecule has 1 amide bonds. The SMILES string of the molecule is Cc1c(Br)ccnc1C(=O)Nc1ccccc1Nc1ccccc1. The van der Waals surface area contributed by atoms with Gasteiger partial charge in [-0.15, -0.1) is 0 Å². The van der Waals surface area contributed by atoms with Crippen molar-refractivity contribution >= 4 is 38.9 Å². The molecule has 0 atom stereocenters. The molecular weight excluding hydrogens is 366 g/mol. The average molecular weight is 382 g/mol. The number of hydrogen-bond acceptors (Lipinski definition) is 3. The lowest BCUT2D eigenvalue weighted by Crippen LogP contribution is -2.16. The molecule has 0 aliphatic rings. The molecule has 1 aromatic heterocycles. The standard InChI is InChI=1S/C19H16BrN3O/c1-13-15(20)11-12-21-18(13)19(24)23-17-10-6-5-9-16(17)22-14-7-3-2-4-8-14/h2-12,22H,1H3,(H,23,24). The van der Waals surface area contributed by atoms with Crippen LogP contribution in [0.3, 0.4) is 0 Å². The van der Waals surface area contributed by atoms with Gasteiger partial charge < -0.3 is 10.6 Å². The van der Waals surface area contributed by atoms with E-state index in [9.17, 15) is 4.79 Å². The molecule has 24 heavy (non-hydrogen) atoms. The summed E-state index contributed by atoms with van der Waals surface area (Å²) in [6.07, 6.45) is 1.61. The zero-order chi connectivity index (χ0) is 16.9. The molecule has 0 aliphatic carbocycles. The fourth-order valence-electron chi connectivity index (χ4n) is 2.30. The van der Waals surface area contributed by atoms with Crippen molar-refractivity contribution in [3.05, 3.63) is 82.6 Å². The Bertz CT molecular complexity index is 865. The fraction of sp³-hybridized carbons (Fsp3) is 0.0526. The van der Waals surface area contributed by atoms with E-state index in [4.69, 9.17) is 0 Å². The summed E-state index contributed by atoms with van der Waals surface area (Å²) in [5.74, 6) is -0.240. The van der Waals surface area contributed by atoms with E-state index in [1.54, 1.807) is 6.20 Å². The normalized spacial score (nSPS) is 10.2. The third kappa shape index (κ3) is 3.63. The number of para-hydroxylation sites is 3. The Kier molecular flexibility index (Phi) is 4.91. The van der Waals surface area contributed by atoms with Gasteiger partial charge in [0.15, 0.2) is 0 Å². The molecule has 4 nitrogen and oxygen atoms in total. The second kappa shape index (κ2) is 7.27. The lowest BCUT2D eigenvalue weighted by molar-refractivity contribution is 0.102. The molecule has 120 valence electrons. The molecule has 2 N–H and O–H groups in total. The minimum atomic E-state index is -0.240. The number of nitrogens with zero attached hydrogens (tertiary/aromatic N) is 1. The highest BCUT2D eigenvalue weighted by Crippen LogP contribution is 2.26. The van der Waals surface area contributed by atoms with Crippen LogP contribution in [0.15, 0.2) is 71.3 Å². The largest absolute Gasteiger partial charge is 0.354 e. The first kappa shape index (κ1) is 16.2. The van der Waals surface area contributed by atoms with Crippen molar-refractivity contribution < 1.29 is 4.79 Å². The monoisotopic (exact) mass is 381 g/mol. The van der Waals surface area contributed by atoms with Crippen molar-refractivity contribution in [1.29, 1.82) is 0 Å². The number of halogens is 1. The first-order valence-corrected chi connectivity index (χ1v) is 8.28. The van der Waals surface area contributed by atoms with E-state index in [-0.39, 0.29) is 5.91 Å². The summed E-state index contributed by atoms with van der Waals surface area (Å²) in [7, 11) is 0. The zero-order valence-electron chi connectivity index (χ0n) is 13.1. The Hall–Kier alpha value is -2.66. The van der Waals surface area contributed by atoms with Crippen LogP contribution in [0.5, 0.6) is 0 Å². The van der Waals surface area contributed by atoms with Gasteiger partial charge >= 0.3 is 0 Å². The minimum absolute atomic E-state index is 0.240. The van der Waals surface area contributed by atoms with Crippen molar-refractivity contribution in [3.8, 4) is 0 Å².